The van der Waals surface area contributed by atoms with Gasteiger partial charge in [0.15, 0.2) is 5.16 Å². The van der Waals surface area contributed by atoms with E-state index in [0.717, 1.165) is 12.0 Å². The lowest BCUT2D eigenvalue weighted by Crippen LogP contribution is -2.27. The molecule has 0 saturated carbocycles. The average molecular weight is 313 g/mol. The summed E-state index contributed by atoms with van der Waals surface area (Å²) in [5.74, 6) is -0.138. The van der Waals surface area contributed by atoms with Crippen LogP contribution < -0.4 is 5.32 Å². The Labute approximate surface area is 134 Å². The maximum absolute atomic E-state index is 12.3. The monoisotopic (exact) mass is 313 g/mol. The number of nitrogens with zero attached hydrogens (tertiary/aromatic N) is 2. The van der Waals surface area contributed by atoms with Crippen LogP contribution in [0.4, 0.5) is 0 Å². The maximum Gasteiger partial charge on any atom is 0.254 e. The maximum atomic E-state index is 12.3. The van der Waals surface area contributed by atoms with E-state index in [0.29, 0.717) is 10.7 Å². The van der Waals surface area contributed by atoms with E-state index < -0.39 is 0 Å². The highest BCUT2D eigenvalue weighted by Crippen LogP contribution is 2.25. The Morgan fingerprint density at radius 3 is 2.68 bits per heavy atom. The highest BCUT2D eigenvalue weighted by Gasteiger charge is 2.16. The van der Waals surface area contributed by atoms with Crippen LogP contribution in [0.25, 0.3) is 0 Å². The van der Waals surface area contributed by atoms with Crippen LogP contribution in [0.5, 0.6) is 0 Å². The van der Waals surface area contributed by atoms with Crippen molar-refractivity contribution in [3.8, 4) is 0 Å². The van der Waals surface area contributed by atoms with Gasteiger partial charge in [0.25, 0.3) is 5.91 Å². The largest absolute Gasteiger partial charge is 0.345 e. The van der Waals surface area contributed by atoms with Crippen LogP contribution in [-0.4, -0.2) is 22.1 Å². The zero-order valence-electron chi connectivity index (χ0n) is 12.8. The van der Waals surface area contributed by atoms with Crippen LogP contribution in [0, 0.1) is 0 Å². The number of hydrogen-bond donors (Lipinski definition) is 1. The van der Waals surface area contributed by atoms with Crippen molar-refractivity contribution in [2.75, 3.05) is 6.26 Å². The summed E-state index contributed by atoms with van der Waals surface area (Å²) in [7, 11) is 0. The Kier molecular flexibility index (Phi) is 4.43. The number of thioether (sulfide) groups is 1. The Hall–Kier alpha value is -1.88. The quantitative estimate of drug-likeness (QED) is 0.696. The lowest BCUT2D eigenvalue weighted by atomic mass is 10.0. The van der Waals surface area contributed by atoms with Gasteiger partial charge in [-0.3, -0.25) is 4.79 Å². The van der Waals surface area contributed by atoms with Crippen molar-refractivity contribution < 1.29 is 4.79 Å². The van der Waals surface area contributed by atoms with E-state index in [9.17, 15) is 4.79 Å². The fourth-order valence-corrected chi connectivity index (χ4v) is 3.08. The zero-order valence-corrected chi connectivity index (χ0v) is 13.6. The number of nitrogens with one attached hydrogen (secondary N) is 1. The molecule has 1 aliphatic rings. The van der Waals surface area contributed by atoms with Crippen molar-refractivity contribution in [1.82, 2.24) is 15.3 Å². The summed E-state index contributed by atoms with van der Waals surface area (Å²) in [5.41, 5.74) is 4.51. The third-order valence-electron chi connectivity index (χ3n) is 4.04. The first kappa shape index (κ1) is 15.0. The molecule has 0 aliphatic heterocycles. The second kappa shape index (κ2) is 6.48. The molecule has 5 heteroatoms. The van der Waals surface area contributed by atoms with Crippen molar-refractivity contribution >= 4 is 17.7 Å². The summed E-state index contributed by atoms with van der Waals surface area (Å²) in [6.45, 7) is 2.01. The van der Waals surface area contributed by atoms with Gasteiger partial charge in [-0.25, -0.2) is 9.97 Å². The van der Waals surface area contributed by atoms with Crippen molar-refractivity contribution in [2.24, 2.45) is 0 Å². The minimum Gasteiger partial charge on any atom is -0.345 e. The van der Waals surface area contributed by atoms with Crippen LogP contribution in [0.3, 0.4) is 0 Å². The summed E-state index contributed by atoms with van der Waals surface area (Å²) < 4.78 is 0. The van der Waals surface area contributed by atoms with Gasteiger partial charge in [-0.15, -0.1) is 0 Å². The van der Waals surface area contributed by atoms with Gasteiger partial charge in [0.1, 0.15) is 0 Å². The van der Waals surface area contributed by atoms with E-state index in [-0.39, 0.29) is 11.9 Å². The van der Waals surface area contributed by atoms with E-state index >= 15 is 0 Å². The number of hydrogen-bond acceptors (Lipinski definition) is 4. The molecule has 3 rings (SSSR count). The van der Waals surface area contributed by atoms with Crippen LogP contribution in [0.1, 0.15) is 46.4 Å². The number of carbonyl (C=O) groups excluding carboxylic acids is 1. The Morgan fingerprint density at radius 2 is 1.95 bits per heavy atom. The molecule has 1 aromatic carbocycles. The highest BCUT2D eigenvalue weighted by molar-refractivity contribution is 7.98. The number of amides is 1. The molecule has 22 heavy (non-hydrogen) atoms. The number of fused-ring (bicyclic) bond motifs is 1. The molecule has 1 amide bonds. The molecule has 0 saturated heterocycles. The molecule has 2 aromatic rings. The van der Waals surface area contributed by atoms with Gasteiger partial charge < -0.3 is 5.32 Å². The minimum atomic E-state index is -0.138. The van der Waals surface area contributed by atoms with E-state index in [1.165, 1.54) is 35.7 Å². The molecule has 4 nitrogen and oxygen atoms in total. The van der Waals surface area contributed by atoms with Gasteiger partial charge in [-0.1, -0.05) is 30.0 Å². The molecule has 1 atom stereocenters. The molecule has 1 N–H and O–H groups in total. The van der Waals surface area contributed by atoms with Crippen molar-refractivity contribution in [2.45, 2.75) is 37.4 Å². The third-order valence-corrected chi connectivity index (χ3v) is 4.62. The first-order chi connectivity index (χ1) is 10.7. The SMILES string of the molecule is CSc1ncc(C(=O)N[C@@H](C)c2ccc3c(c2)CCC3)cn1. The first-order valence-electron chi connectivity index (χ1n) is 7.46. The van der Waals surface area contributed by atoms with Crippen LogP contribution >= 0.6 is 11.8 Å². The molecule has 0 radical (unpaired) electrons. The van der Waals surface area contributed by atoms with Crippen LogP contribution in [0.15, 0.2) is 35.7 Å². The molecular formula is C17H19N3OS. The average Bonchev–Trinajstić information content (AvgIpc) is 3.02. The number of carbonyl (C=O) groups is 1. The van der Waals surface area contributed by atoms with Gasteiger partial charge in [0, 0.05) is 12.4 Å². The molecule has 0 spiro atoms. The Balaban J connectivity index is 1.70. The lowest BCUT2D eigenvalue weighted by Gasteiger charge is -2.15. The summed E-state index contributed by atoms with van der Waals surface area (Å²) in [6, 6.07) is 6.50. The number of rotatable bonds is 4. The summed E-state index contributed by atoms with van der Waals surface area (Å²) in [6.07, 6.45) is 8.61. The lowest BCUT2D eigenvalue weighted by molar-refractivity contribution is 0.0939. The number of benzene rings is 1. The van der Waals surface area contributed by atoms with E-state index in [2.05, 4.69) is 33.5 Å². The Bertz CT molecular complexity index is 685. The van der Waals surface area contributed by atoms with Crippen LogP contribution in [-0.2, 0) is 12.8 Å². The second-order valence-corrected chi connectivity index (χ2v) is 6.31. The smallest absolute Gasteiger partial charge is 0.254 e. The third kappa shape index (κ3) is 3.14. The minimum absolute atomic E-state index is 0.0290. The van der Waals surface area contributed by atoms with Crippen molar-refractivity contribution in [3.63, 3.8) is 0 Å². The normalized spacial score (nSPS) is 14.5. The topological polar surface area (TPSA) is 54.9 Å². The molecule has 1 aromatic heterocycles. The molecule has 114 valence electrons. The second-order valence-electron chi connectivity index (χ2n) is 5.54. The van der Waals surface area contributed by atoms with E-state index in [1.807, 2.05) is 13.2 Å². The predicted octanol–water partition coefficient (Wildman–Crippen LogP) is 3.18. The van der Waals surface area contributed by atoms with E-state index in [1.54, 1.807) is 12.4 Å². The predicted molar refractivity (Wildman–Crippen MR) is 88.2 cm³/mol. The molecular weight excluding hydrogens is 294 g/mol. The van der Waals surface area contributed by atoms with Gasteiger partial charge in [0.05, 0.1) is 11.6 Å². The molecule has 1 heterocycles. The van der Waals surface area contributed by atoms with Gasteiger partial charge in [-0.05, 0) is 49.1 Å². The Morgan fingerprint density at radius 1 is 1.23 bits per heavy atom. The van der Waals surface area contributed by atoms with Gasteiger partial charge in [0.2, 0.25) is 0 Å². The van der Waals surface area contributed by atoms with Gasteiger partial charge in [-0.2, -0.15) is 0 Å². The zero-order chi connectivity index (χ0) is 15.5. The molecule has 1 aliphatic carbocycles. The number of aryl methyl sites for hydroxylation is 2. The summed E-state index contributed by atoms with van der Waals surface area (Å²) in [4.78, 5) is 20.5. The standard InChI is InChI=1S/C17H19N3OS/c1-11(13-7-6-12-4-3-5-14(12)8-13)20-16(21)15-9-18-17(22-2)19-10-15/h6-11H,3-5H2,1-2H3,(H,20,21)/t11-/m0/s1. The molecule has 0 fully saturated rings. The van der Waals surface area contributed by atoms with Crippen molar-refractivity contribution in [3.05, 3.63) is 52.8 Å². The fourth-order valence-electron chi connectivity index (χ4n) is 2.76. The summed E-state index contributed by atoms with van der Waals surface area (Å²) in [5, 5.41) is 3.69. The van der Waals surface area contributed by atoms with Gasteiger partial charge >= 0.3 is 0 Å². The molecule has 0 bridgehead atoms. The van der Waals surface area contributed by atoms with E-state index in [4.69, 9.17) is 0 Å². The summed E-state index contributed by atoms with van der Waals surface area (Å²) >= 11 is 1.46. The molecule has 0 unspecified atom stereocenters. The fraction of sp³-hybridized carbons (Fsp3) is 0.353. The number of aromatic nitrogens is 2. The van der Waals surface area contributed by atoms with Crippen molar-refractivity contribution in [1.29, 1.82) is 0 Å². The first-order valence-corrected chi connectivity index (χ1v) is 8.68. The van der Waals surface area contributed by atoms with Crippen LogP contribution in [0.2, 0.25) is 0 Å². The highest BCUT2D eigenvalue weighted by atomic mass is 32.2.